The van der Waals surface area contributed by atoms with E-state index in [0.29, 0.717) is 5.56 Å². The lowest BCUT2D eigenvalue weighted by Gasteiger charge is -2.41. The van der Waals surface area contributed by atoms with Crippen LogP contribution in [0.4, 0.5) is 4.39 Å². The van der Waals surface area contributed by atoms with Gasteiger partial charge in [0.15, 0.2) is 0 Å². The third-order valence-electron chi connectivity index (χ3n) is 3.45. The molecule has 1 aliphatic rings. The van der Waals surface area contributed by atoms with Crippen molar-refractivity contribution in [3.05, 3.63) is 34.6 Å². The molecule has 0 aromatic heterocycles. The highest BCUT2D eigenvalue weighted by molar-refractivity contribution is 6.30. The fourth-order valence-electron chi connectivity index (χ4n) is 2.21. The van der Waals surface area contributed by atoms with E-state index < -0.39 is 17.4 Å². The Hall–Kier alpha value is -1.62. The molecule has 1 fully saturated rings. The summed E-state index contributed by atoms with van der Waals surface area (Å²) in [6, 6.07) is 3.97. The van der Waals surface area contributed by atoms with Crippen LogP contribution in [0, 0.1) is 5.82 Å². The molecule has 1 atom stereocenters. The molecule has 0 aliphatic carbocycles. The van der Waals surface area contributed by atoms with Gasteiger partial charge in [0.2, 0.25) is 11.8 Å². The Labute approximate surface area is 121 Å². The number of piperazine rings is 1. The van der Waals surface area contributed by atoms with Gasteiger partial charge in [0.1, 0.15) is 17.4 Å². The summed E-state index contributed by atoms with van der Waals surface area (Å²) in [5.41, 5.74) is -0.693. The van der Waals surface area contributed by atoms with E-state index in [1.807, 2.05) is 0 Å². The van der Waals surface area contributed by atoms with Crippen molar-refractivity contribution in [3.63, 3.8) is 0 Å². The second kappa shape index (κ2) is 5.05. The molecule has 1 aromatic rings. The zero-order chi connectivity index (χ0) is 15.1. The van der Waals surface area contributed by atoms with Crippen molar-refractivity contribution in [2.75, 3.05) is 0 Å². The van der Waals surface area contributed by atoms with E-state index in [1.165, 1.54) is 11.0 Å². The molecular weight excluding hydrogens is 283 g/mol. The van der Waals surface area contributed by atoms with Gasteiger partial charge < -0.3 is 10.2 Å². The quantitative estimate of drug-likeness (QED) is 0.909. The van der Waals surface area contributed by atoms with Crippen molar-refractivity contribution in [3.8, 4) is 0 Å². The number of amides is 2. The minimum Gasteiger partial charge on any atom is -0.340 e. The Balaban J connectivity index is 2.33. The van der Waals surface area contributed by atoms with E-state index in [4.69, 9.17) is 11.6 Å². The summed E-state index contributed by atoms with van der Waals surface area (Å²) in [4.78, 5) is 25.6. The van der Waals surface area contributed by atoms with Crippen LogP contribution in [0.2, 0.25) is 5.02 Å². The molecule has 1 N–H and O–H groups in total. The average Bonchev–Trinajstić information content (AvgIpc) is 2.37. The average molecular weight is 299 g/mol. The Morgan fingerprint density at radius 1 is 1.40 bits per heavy atom. The predicted molar refractivity (Wildman–Crippen MR) is 73.6 cm³/mol. The number of carbonyl (C=O) groups is 2. The topological polar surface area (TPSA) is 49.4 Å². The SMILES string of the molecule is CC1C(=O)NC(C)(C)C(=O)N1Cc1cccc(Cl)c1F. The fourth-order valence-corrected chi connectivity index (χ4v) is 2.40. The van der Waals surface area contributed by atoms with E-state index in [0.717, 1.165) is 0 Å². The number of nitrogens with one attached hydrogen (secondary N) is 1. The number of halogens is 2. The number of hydrogen-bond acceptors (Lipinski definition) is 2. The van der Waals surface area contributed by atoms with E-state index in [1.54, 1.807) is 32.9 Å². The Bertz CT molecular complexity index is 574. The van der Waals surface area contributed by atoms with Crippen LogP contribution in [0.15, 0.2) is 18.2 Å². The summed E-state index contributed by atoms with van der Waals surface area (Å²) in [6.45, 7) is 4.88. The molecule has 1 saturated heterocycles. The van der Waals surface area contributed by atoms with Gasteiger partial charge >= 0.3 is 0 Å². The molecule has 1 aliphatic heterocycles. The summed E-state index contributed by atoms with van der Waals surface area (Å²) >= 11 is 5.73. The monoisotopic (exact) mass is 298 g/mol. The number of carbonyl (C=O) groups excluding carboxylic acids is 2. The van der Waals surface area contributed by atoms with Crippen LogP contribution in [0.1, 0.15) is 26.3 Å². The van der Waals surface area contributed by atoms with Crippen molar-refractivity contribution < 1.29 is 14.0 Å². The third-order valence-corrected chi connectivity index (χ3v) is 3.74. The molecule has 2 rings (SSSR count). The van der Waals surface area contributed by atoms with Gasteiger partial charge in [-0.25, -0.2) is 4.39 Å². The maximum atomic E-state index is 13.9. The Kier molecular flexibility index (Phi) is 3.73. The number of benzene rings is 1. The maximum absolute atomic E-state index is 13.9. The van der Waals surface area contributed by atoms with Crippen LogP contribution in [0.3, 0.4) is 0 Å². The second-order valence-corrected chi connectivity index (χ2v) is 5.84. The van der Waals surface area contributed by atoms with Crippen molar-refractivity contribution in [2.45, 2.75) is 38.9 Å². The van der Waals surface area contributed by atoms with Crippen molar-refractivity contribution in [1.82, 2.24) is 10.2 Å². The van der Waals surface area contributed by atoms with Gasteiger partial charge in [-0.3, -0.25) is 9.59 Å². The molecule has 0 bridgehead atoms. The minimum absolute atomic E-state index is 0.00308. The summed E-state index contributed by atoms with van der Waals surface area (Å²) < 4.78 is 13.9. The zero-order valence-electron chi connectivity index (χ0n) is 11.5. The van der Waals surface area contributed by atoms with E-state index in [2.05, 4.69) is 5.32 Å². The van der Waals surface area contributed by atoms with Crippen LogP contribution < -0.4 is 5.32 Å². The van der Waals surface area contributed by atoms with Crippen LogP contribution in [0.25, 0.3) is 0 Å². The molecule has 0 saturated carbocycles. The van der Waals surface area contributed by atoms with Gasteiger partial charge in [-0.2, -0.15) is 0 Å². The molecule has 6 heteroatoms. The summed E-state index contributed by atoms with van der Waals surface area (Å²) in [6.07, 6.45) is 0. The highest BCUT2D eigenvalue weighted by atomic mass is 35.5. The van der Waals surface area contributed by atoms with Crippen LogP contribution in [0.5, 0.6) is 0 Å². The smallest absolute Gasteiger partial charge is 0.248 e. The van der Waals surface area contributed by atoms with Gasteiger partial charge in [-0.05, 0) is 26.8 Å². The highest BCUT2D eigenvalue weighted by Crippen LogP contribution is 2.24. The molecule has 0 radical (unpaired) electrons. The van der Waals surface area contributed by atoms with Crippen molar-refractivity contribution in [2.24, 2.45) is 0 Å². The van der Waals surface area contributed by atoms with Crippen molar-refractivity contribution in [1.29, 1.82) is 0 Å². The van der Waals surface area contributed by atoms with Crippen LogP contribution in [-0.2, 0) is 16.1 Å². The van der Waals surface area contributed by atoms with E-state index in [9.17, 15) is 14.0 Å². The van der Waals surface area contributed by atoms with Gasteiger partial charge in [0.25, 0.3) is 0 Å². The molecule has 1 heterocycles. The minimum atomic E-state index is -0.987. The predicted octanol–water partition coefficient (Wildman–Crippen LogP) is 2.10. The van der Waals surface area contributed by atoms with Gasteiger partial charge in [-0.15, -0.1) is 0 Å². The summed E-state index contributed by atoms with van der Waals surface area (Å²) in [5, 5.41) is 2.65. The molecular formula is C14H16ClFN2O2. The normalized spacial score (nSPS) is 21.9. The lowest BCUT2D eigenvalue weighted by molar-refractivity contribution is -0.153. The molecule has 1 unspecified atom stereocenters. The highest BCUT2D eigenvalue weighted by Gasteiger charge is 2.43. The van der Waals surface area contributed by atoms with Gasteiger partial charge in [0.05, 0.1) is 5.02 Å². The molecule has 2 amide bonds. The summed E-state index contributed by atoms with van der Waals surface area (Å²) in [5.74, 6) is -1.06. The number of rotatable bonds is 2. The second-order valence-electron chi connectivity index (χ2n) is 5.44. The molecule has 0 spiro atoms. The number of nitrogens with zero attached hydrogens (tertiary/aromatic N) is 1. The maximum Gasteiger partial charge on any atom is 0.248 e. The standard InChI is InChI=1S/C14H16ClFN2O2/c1-8-12(19)17-14(2,3)13(20)18(8)7-9-5-4-6-10(15)11(9)16/h4-6,8H,7H2,1-3H3,(H,17,19). The lowest BCUT2D eigenvalue weighted by atomic mass is 9.96. The fraction of sp³-hybridized carbons (Fsp3) is 0.429. The molecule has 20 heavy (non-hydrogen) atoms. The zero-order valence-corrected chi connectivity index (χ0v) is 12.3. The first-order valence-electron chi connectivity index (χ1n) is 6.30. The first-order valence-corrected chi connectivity index (χ1v) is 6.68. The molecule has 108 valence electrons. The lowest BCUT2D eigenvalue weighted by Crippen LogP contribution is -2.67. The largest absolute Gasteiger partial charge is 0.340 e. The molecule has 1 aromatic carbocycles. The van der Waals surface area contributed by atoms with Crippen LogP contribution in [-0.4, -0.2) is 28.3 Å². The number of hydrogen-bond donors (Lipinski definition) is 1. The van der Waals surface area contributed by atoms with E-state index in [-0.39, 0.29) is 23.4 Å². The van der Waals surface area contributed by atoms with Gasteiger partial charge in [0, 0.05) is 12.1 Å². The first kappa shape index (κ1) is 14.8. The molecule has 4 nitrogen and oxygen atoms in total. The summed E-state index contributed by atoms with van der Waals surface area (Å²) in [7, 11) is 0. The first-order chi connectivity index (χ1) is 9.24. The third kappa shape index (κ3) is 2.50. The van der Waals surface area contributed by atoms with Crippen LogP contribution >= 0.6 is 11.6 Å². The Morgan fingerprint density at radius 2 is 2.05 bits per heavy atom. The van der Waals surface area contributed by atoms with E-state index >= 15 is 0 Å². The van der Waals surface area contributed by atoms with Crippen molar-refractivity contribution >= 4 is 23.4 Å². The Morgan fingerprint density at radius 3 is 2.70 bits per heavy atom. The van der Waals surface area contributed by atoms with Gasteiger partial charge in [-0.1, -0.05) is 23.7 Å².